The largest absolute Gasteiger partial charge is 0.394 e. The van der Waals surface area contributed by atoms with Gasteiger partial charge in [-0.05, 0) is 24.3 Å². The quantitative estimate of drug-likeness (QED) is 0.584. The number of amides is 1. The lowest BCUT2D eigenvalue weighted by Gasteiger charge is -2.18. The fourth-order valence-corrected chi connectivity index (χ4v) is 3.82. The first-order valence-electron chi connectivity index (χ1n) is 9.48. The molecule has 3 aromatic heterocycles. The molecule has 1 amide bonds. The summed E-state index contributed by atoms with van der Waals surface area (Å²) in [6.07, 6.45) is 5.25. The normalized spacial score (nSPS) is 13.1. The van der Waals surface area contributed by atoms with Gasteiger partial charge in [0.05, 0.1) is 48.4 Å². The molecular weight excluding hydrogens is 366 g/mol. The molecular formula is C22H19N5O2. The topological polar surface area (TPSA) is 84.1 Å². The Balaban J connectivity index is 1.55. The maximum Gasteiger partial charge on any atom is 0.255 e. The van der Waals surface area contributed by atoms with E-state index in [1.807, 2.05) is 47.4 Å². The standard InChI is InChI=1S/C22H19N5O2/c28-9-8-27-21-14-26(13-16(21)12-24-27)22(29)18-10-20(15-4-3-7-23-11-15)25-19-6-2-1-5-17(18)19/h1-7,10-12,28H,8-9,13-14H2. The van der Waals surface area contributed by atoms with Crippen LogP contribution >= 0.6 is 0 Å². The number of hydrogen-bond acceptors (Lipinski definition) is 5. The van der Waals surface area contributed by atoms with Crippen LogP contribution in [0.25, 0.3) is 22.2 Å². The zero-order chi connectivity index (χ0) is 19.8. The van der Waals surface area contributed by atoms with Crippen LogP contribution in [0.4, 0.5) is 0 Å². The van der Waals surface area contributed by atoms with Gasteiger partial charge in [-0.25, -0.2) is 4.98 Å². The molecule has 4 aromatic rings. The number of fused-ring (bicyclic) bond motifs is 2. The highest BCUT2D eigenvalue weighted by Crippen LogP contribution is 2.29. The second-order valence-corrected chi connectivity index (χ2v) is 7.04. The van der Waals surface area contributed by atoms with Gasteiger partial charge in [-0.3, -0.25) is 14.5 Å². The van der Waals surface area contributed by atoms with Crippen LogP contribution in [0.15, 0.2) is 61.1 Å². The van der Waals surface area contributed by atoms with Gasteiger partial charge in [0.1, 0.15) is 0 Å². The fraction of sp³-hybridized carbons (Fsp3) is 0.182. The molecule has 0 unspecified atom stereocenters. The average Bonchev–Trinajstić information content (AvgIpc) is 3.35. The van der Waals surface area contributed by atoms with Crippen LogP contribution in [0.3, 0.4) is 0 Å². The summed E-state index contributed by atoms with van der Waals surface area (Å²) in [4.78, 5) is 24.2. The Hall–Kier alpha value is -3.58. The van der Waals surface area contributed by atoms with E-state index in [0.29, 0.717) is 25.2 Å². The van der Waals surface area contributed by atoms with Gasteiger partial charge in [0.25, 0.3) is 5.91 Å². The molecule has 0 saturated heterocycles. The van der Waals surface area contributed by atoms with Crippen molar-refractivity contribution in [2.45, 2.75) is 19.6 Å². The van der Waals surface area contributed by atoms with Crippen molar-refractivity contribution in [3.05, 3.63) is 77.9 Å². The zero-order valence-electron chi connectivity index (χ0n) is 15.7. The molecule has 7 nitrogen and oxygen atoms in total. The maximum atomic E-state index is 13.5. The third kappa shape index (κ3) is 3.05. The lowest BCUT2D eigenvalue weighted by Crippen LogP contribution is -2.26. The van der Waals surface area contributed by atoms with Crippen LogP contribution < -0.4 is 0 Å². The molecule has 1 aliphatic heterocycles. The smallest absolute Gasteiger partial charge is 0.255 e. The molecule has 0 saturated carbocycles. The van der Waals surface area contributed by atoms with Gasteiger partial charge in [0, 0.05) is 35.5 Å². The van der Waals surface area contributed by atoms with Crippen LogP contribution in [0.2, 0.25) is 0 Å². The number of carbonyl (C=O) groups is 1. The van der Waals surface area contributed by atoms with E-state index >= 15 is 0 Å². The van der Waals surface area contributed by atoms with Crippen molar-refractivity contribution in [3.63, 3.8) is 0 Å². The Morgan fingerprint density at radius 2 is 2.00 bits per heavy atom. The molecule has 4 heterocycles. The molecule has 1 N–H and O–H groups in total. The molecule has 0 bridgehead atoms. The van der Waals surface area contributed by atoms with Crippen molar-refractivity contribution in [1.82, 2.24) is 24.6 Å². The van der Waals surface area contributed by atoms with Crippen molar-refractivity contribution in [2.75, 3.05) is 6.61 Å². The fourth-order valence-electron chi connectivity index (χ4n) is 3.82. The van der Waals surface area contributed by atoms with Gasteiger partial charge in [-0.2, -0.15) is 5.10 Å². The number of nitrogens with zero attached hydrogens (tertiary/aromatic N) is 5. The Bertz CT molecular complexity index is 1200. The molecule has 0 radical (unpaired) electrons. The number of hydrogen-bond donors (Lipinski definition) is 1. The number of pyridine rings is 2. The van der Waals surface area contributed by atoms with Crippen molar-refractivity contribution in [2.24, 2.45) is 0 Å². The molecule has 144 valence electrons. The maximum absolute atomic E-state index is 13.5. The van der Waals surface area contributed by atoms with Crippen molar-refractivity contribution in [3.8, 4) is 11.3 Å². The Morgan fingerprint density at radius 1 is 1.10 bits per heavy atom. The summed E-state index contributed by atoms with van der Waals surface area (Å²) in [6.45, 7) is 1.44. The van der Waals surface area contributed by atoms with E-state index in [1.165, 1.54) is 0 Å². The van der Waals surface area contributed by atoms with Gasteiger partial charge < -0.3 is 10.0 Å². The monoisotopic (exact) mass is 385 g/mol. The summed E-state index contributed by atoms with van der Waals surface area (Å²) >= 11 is 0. The zero-order valence-corrected chi connectivity index (χ0v) is 15.7. The molecule has 0 fully saturated rings. The molecule has 7 heteroatoms. The summed E-state index contributed by atoms with van der Waals surface area (Å²) in [5, 5.41) is 14.4. The van der Waals surface area contributed by atoms with E-state index in [1.54, 1.807) is 23.3 Å². The second kappa shape index (κ2) is 7.10. The number of rotatable bonds is 4. The van der Waals surface area contributed by atoms with E-state index in [0.717, 1.165) is 33.4 Å². The molecule has 1 aromatic carbocycles. The highest BCUT2D eigenvalue weighted by atomic mass is 16.3. The van der Waals surface area contributed by atoms with E-state index in [9.17, 15) is 9.90 Å². The molecule has 29 heavy (non-hydrogen) atoms. The third-order valence-corrected chi connectivity index (χ3v) is 5.24. The second-order valence-electron chi connectivity index (χ2n) is 7.04. The SMILES string of the molecule is O=C(c1cc(-c2cccnc2)nc2ccccc12)N1Cc2cnn(CCO)c2C1. The molecule has 0 aliphatic carbocycles. The van der Waals surface area contributed by atoms with Gasteiger partial charge in [0.2, 0.25) is 0 Å². The minimum absolute atomic E-state index is 0.0194. The first kappa shape index (κ1) is 17.5. The van der Waals surface area contributed by atoms with Crippen molar-refractivity contribution in [1.29, 1.82) is 0 Å². The molecule has 0 spiro atoms. The highest BCUT2D eigenvalue weighted by Gasteiger charge is 2.29. The summed E-state index contributed by atoms with van der Waals surface area (Å²) in [5.41, 5.74) is 5.01. The van der Waals surface area contributed by atoms with E-state index in [4.69, 9.17) is 4.98 Å². The van der Waals surface area contributed by atoms with Crippen LogP contribution in [-0.4, -0.2) is 42.3 Å². The molecule has 1 aliphatic rings. The number of aliphatic hydroxyl groups excluding tert-OH is 1. The van der Waals surface area contributed by atoms with Gasteiger partial charge in [0.15, 0.2) is 0 Å². The summed E-state index contributed by atoms with van der Waals surface area (Å²) in [7, 11) is 0. The lowest BCUT2D eigenvalue weighted by atomic mass is 10.0. The third-order valence-electron chi connectivity index (χ3n) is 5.24. The number of aliphatic hydroxyl groups is 1. The summed E-state index contributed by atoms with van der Waals surface area (Å²) in [6, 6.07) is 13.3. The Morgan fingerprint density at radius 3 is 2.83 bits per heavy atom. The van der Waals surface area contributed by atoms with Crippen LogP contribution in [0, 0.1) is 0 Å². The first-order valence-corrected chi connectivity index (χ1v) is 9.48. The predicted molar refractivity (Wildman–Crippen MR) is 108 cm³/mol. The number of carbonyl (C=O) groups excluding carboxylic acids is 1. The minimum atomic E-state index is -0.0412. The van der Waals surface area contributed by atoms with Crippen molar-refractivity contribution >= 4 is 16.8 Å². The number of para-hydroxylation sites is 1. The van der Waals surface area contributed by atoms with E-state index in [-0.39, 0.29) is 12.5 Å². The highest BCUT2D eigenvalue weighted by molar-refractivity contribution is 6.07. The number of aromatic nitrogens is 4. The van der Waals surface area contributed by atoms with Crippen LogP contribution in [-0.2, 0) is 19.6 Å². The van der Waals surface area contributed by atoms with E-state index < -0.39 is 0 Å². The summed E-state index contributed by atoms with van der Waals surface area (Å²) in [5.74, 6) is -0.0412. The number of benzene rings is 1. The lowest BCUT2D eigenvalue weighted by molar-refractivity contribution is 0.0749. The van der Waals surface area contributed by atoms with Gasteiger partial charge >= 0.3 is 0 Å². The van der Waals surface area contributed by atoms with Gasteiger partial charge in [-0.1, -0.05) is 18.2 Å². The van der Waals surface area contributed by atoms with Crippen LogP contribution in [0.5, 0.6) is 0 Å². The van der Waals surface area contributed by atoms with Crippen LogP contribution in [0.1, 0.15) is 21.6 Å². The molecule has 0 atom stereocenters. The predicted octanol–water partition coefficient (Wildman–Crippen LogP) is 2.64. The summed E-state index contributed by atoms with van der Waals surface area (Å²) < 4.78 is 1.77. The Labute approximate surface area is 167 Å². The molecule has 5 rings (SSSR count). The average molecular weight is 385 g/mol. The van der Waals surface area contributed by atoms with Crippen molar-refractivity contribution < 1.29 is 9.90 Å². The Kier molecular flexibility index (Phi) is 4.29. The van der Waals surface area contributed by atoms with Gasteiger partial charge in [-0.15, -0.1) is 0 Å². The van der Waals surface area contributed by atoms with E-state index in [2.05, 4.69) is 10.1 Å². The first-order chi connectivity index (χ1) is 14.2. The minimum Gasteiger partial charge on any atom is -0.394 e.